The van der Waals surface area contributed by atoms with Gasteiger partial charge in [0.2, 0.25) is 23.6 Å². The van der Waals surface area contributed by atoms with Crippen LogP contribution >= 0.6 is 12.6 Å². The average molecular weight is 476 g/mol. The van der Waals surface area contributed by atoms with Crippen molar-refractivity contribution in [3.05, 3.63) is 0 Å². The van der Waals surface area contributed by atoms with Crippen molar-refractivity contribution in [3.8, 4) is 0 Å². The minimum Gasteiger partial charge on any atom is -0.480 e. The van der Waals surface area contributed by atoms with E-state index in [4.69, 9.17) is 11.5 Å². The van der Waals surface area contributed by atoms with Crippen LogP contribution in [0, 0.1) is 11.8 Å². The summed E-state index contributed by atoms with van der Waals surface area (Å²) < 4.78 is 0. The van der Waals surface area contributed by atoms with Crippen molar-refractivity contribution in [2.75, 3.05) is 5.75 Å². The predicted octanol–water partition coefficient (Wildman–Crippen LogP) is -0.860. The third-order valence-corrected chi connectivity index (χ3v) is 5.34. The molecule has 0 bridgehead atoms. The first kappa shape index (κ1) is 29.7. The van der Waals surface area contributed by atoms with Gasteiger partial charge in [-0.15, -0.1) is 0 Å². The first-order chi connectivity index (χ1) is 14.8. The van der Waals surface area contributed by atoms with Gasteiger partial charge in [-0.05, 0) is 24.7 Å². The van der Waals surface area contributed by atoms with Gasteiger partial charge in [0.1, 0.15) is 18.1 Å². The monoisotopic (exact) mass is 475 g/mol. The van der Waals surface area contributed by atoms with Gasteiger partial charge in [-0.3, -0.25) is 19.2 Å². The second kappa shape index (κ2) is 14.7. The number of nitrogens with one attached hydrogen (secondary N) is 3. The van der Waals surface area contributed by atoms with Gasteiger partial charge in [-0.1, -0.05) is 34.1 Å². The van der Waals surface area contributed by atoms with Crippen LogP contribution in [0.2, 0.25) is 0 Å². The molecule has 0 aromatic carbocycles. The summed E-state index contributed by atoms with van der Waals surface area (Å²) in [5, 5.41) is 16.9. The summed E-state index contributed by atoms with van der Waals surface area (Å²) in [7, 11) is 0. The van der Waals surface area contributed by atoms with Gasteiger partial charge in [-0.25, -0.2) is 4.79 Å². The molecule has 0 aliphatic carbocycles. The van der Waals surface area contributed by atoms with Crippen LogP contribution in [0.5, 0.6) is 0 Å². The van der Waals surface area contributed by atoms with E-state index in [1.807, 2.05) is 13.8 Å². The average Bonchev–Trinajstić information content (AvgIpc) is 2.71. The fourth-order valence-corrected chi connectivity index (χ4v) is 3.07. The summed E-state index contributed by atoms with van der Waals surface area (Å²) in [6.45, 7) is 7.21. The van der Waals surface area contributed by atoms with E-state index in [-0.39, 0.29) is 36.9 Å². The van der Waals surface area contributed by atoms with E-state index in [0.717, 1.165) is 0 Å². The number of hydrogen-bond donors (Lipinski definition) is 7. The molecule has 0 aromatic rings. The highest BCUT2D eigenvalue weighted by atomic mass is 32.1. The number of nitrogens with two attached hydrogens (primary N) is 2. The van der Waals surface area contributed by atoms with Crippen LogP contribution < -0.4 is 27.4 Å². The van der Waals surface area contributed by atoms with Crippen molar-refractivity contribution < 1.29 is 29.1 Å². The Labute approximate surface area is 194 Å². The number of carboxylic acids is 1. The number of aliphatic carboxylic acids is 1. The summed E-state index contributed by atoms with van der Waals surface area (Å²) in [5.74, 6) is -4.07. The second-order valence-corrected chi connectivity index (χ2v) is 8.62. The molecule has 11 nitrogen and oxygen atoms in total. The van der Waals surface area contributed by atoms with Gasteiger partial charge >= 0.3 is 5.97 Å². The third-order valence-electron chi connectivity index (χ3n) is 4.97. The Hall–Kier alpha value is -2.34. The number of rotatable bonds is 15. The van der Waals surface area contributed by atoms with Gasteiger partial charge in [0.15, 0.2) is 0 Å². The number of carbonyl (C=O) groups excluding carboxylic acids is 4. The maximum Gasteiger partial charge on any atom is 0.326 e. The summed E-state index contributed by atoms with van der Waals surface area (Å²) >= 11 is 4.09. The SMILES string of the molecule is CCC(C)C(NC(=O)C(CS)NC(=O)C(CC(C)C)NC(=O)C(N)CCC(N)=O)C(=O)O. The molecule has 0 aromatic heterocycles. The van der Waals surface area contributed by atoms with Crippen molar-refractivity contribution in [2.45, 2.75) is 77.5 Å². The van der Waals surface area contributed by atoms with Crippen molar-refractivity contribution in [1.29, 1.82) is 0 Å². The highest BCUT2D eigenvalue weighted by molar-refractivity contribution is 7.80. The second-order valence-electron chi connectivity index (χ2n) is 8.26. The topological polar surface area (TPSA) is 194 Å². The number of thiol groups is 1. The Kier molecular flexibility index (Phi) is 13.6. The van der Waals surface area contributed by atoms with E-state index >= 15 is 0 Å². The van der Waals surface area contributed by atoms with Crippen molar-refractivity contribution in [3.63, 3.8) is 0 Å². The number of hydrogen-bond acceptors (Lipinski definition) is 7. The van der Waals surface area contributed by atoms with Crippen LogP contribution in [0.15, 0.2) is 0 Å². The van der Waals surface area contributed by atoms with Crippen molar-refractivity contribution >= 4 is 42.2 Å². The quantitative estimate of drug-likeness (QED) is 0.150. The molecule has 0 aliphatic rings. The zero-order valence-electron chi connectivity index (χ0n) is 19.1. The summed E-state index contributed by atoms with van der Waals surface area (Å²) in [6, 6.07) is -4.23. The molecule has 0 heterocycles. The van der Waals surface area contributed by atoms with Crippen LogP contribution in [0.4, 0.5) is 0 Å². The van der Waals surface area contributed by atoms with E-state index in [0.29, 0.717) is 6.42 Å². The lowest BCUT2D eigenvalue weighted by Gasteiger charge is -2.26. The van der Waals surface area contributed by atoms with Gasteiger partial charge in [0.25, 0.3) is 0 Å². The Morgan fingerprint density at radius 1 is 0.938 bits per heavy atom. The standard InChI is InChI=1S/C20H37N5O6S/c1-5-11(4)16(20(30)31)25-19(29)14(9-32)24-18(28)13(8-10(2)3)23-17(27)12(21)6-7-15(22)26/h10-14,16,32H,5-9,21H2,1-4H3,(H2,22,26)(H,23,27)(H,24,28)(H,25,29)(H,30,31). The predicted molar refractivity (Wildman–Crippen MR) is 123 cm³/mol. The Morgan fingerprint density at radius 2 is 1.47 bits per heavy atom. The summed E-state index contributed by atoms with van der Waals surface area (Å²) in [4.78, 5) is 60.1. The fourth-order valence-electron chi connectivity index (χ4n) is 2.81. The number of carbonyl (C=O) groups is 5. The molecule has 0 saturated heterocycles. The Morgan fingerprint density at radius 3 is 1.91 bits per heavy atom. The molecule has 0 rings (SSSR count). The first-order valence-corrected chi connectivity index (χ1v) is 11.3. The van der Waals surface area contributed by atoms with E-state index in [2.05, 4.69) is 28.6 Å². The molecule has 8 N–H and O–H groups in total. The van der Waals surface area contributed by atoms with Crippen LogP contribution in [0.1, 0.15) is 53.4 Å². The van der Waals surface area contributed by atoms with Crippen LogP contribution in [-0.2, 0) is 24.0 Å². The van der Waals surface area contributed by atoms with Crippen LogP contribution in [0.3, 0.4) is 0 Å². The van der Waals surface area contributed by atoms with Gasteiger partial charge < -0.3 is 32.5 Å². The Balaban J connectivity index is 5.26. The van der Waals surface area contributed by atoms with E-state index < -0.39 is 53.8 Å². The molecular weight excluding hydrogens is 438 g/mol. The largest absolute Gasteiger partial charge is 0.480 e. The molecule has 184 valence electrons. The molecule has 0 radical (unpaired) electrons. The molecule has 4 amide bonds. The van der Waals surface area contributed by atoms with Crippen molar-refractivity contribution in [2.24, 2.45) is 23.3 Å². The van der Waals surface area contributed by atoms with E-state index in [9.17, 15) is 29.1 Å². The molecule has 0 saturated carbocycles. The van der Waals surface area contributed by atoms with Gasteiger partial charge in [-0.2, -0.15) is 12.6 Å². The maximum atomic E-state index is 12.8. The number of carboxylic acid groups (broad SMARTS) is 1. The van der Waals surface area contributed by atoms with Crippen LogP contribution in [-0.4, -0.2) is 64.6 Å². The highest BCUT2D eigenvalue weighted by Crippen LogP contribution is 2.10. The van der Waals surface area contributed by atoms with E-state index in [1.165, 1.54) is 0 Å². The smallest absolute Gasteiger partial charge is 0.326 e. The minimum absolute atomic E-state index is 0.0259. The summed E-state index contributed by atoms with van der Waals surface area (Å²) in [6.07, 6.45) is 0.767. The molecule has 0 spiro atoms. The summed E-state index contributed by atoms with van der Waals surface area (Å²) in [5.41, 5.74) is 10.8. The molecule has 32 heavy (non-hydrogen) atoms. The zero-order chi connectivity index (χ0) is 25.0. The number of amides is 4. The fraction of sp³-hybridized carbons (Fsp3) is 0.750. The van der Waals surface area contributed by atoms with Gasteiger partial charge in [0, 0.05) is 12.2 Å². The number of primary amides is 1. The maximum absolute atomic E-state index is 12.8. The van der Waals surface area contributed by atoms with Crippen molar-refractivity contribution in [1.82, 2.24) is 16.0 Å². The normalized spacial score (nSPS) is 15.7. The third kappa shape index (κ3) is 10.8. The minimum atomic E-state index is -1.17. The zero-order valence-corrected chi connectivity index (χ0v) is 20.0. The van der Waals surface area contributed by atoms with Crippen LogP contribution in [0.25, 0.3) is 0 Å². The van der Waals surface area contributed by atoms with Gasteiger partial charge in [0.05, 0.1) is 6.04 Å². The first-order valence-electron chi connectivity index (χ1n) is 10.6. The lowest BCUT2D eigenvalue weighted by Crippen LogP contribution is -2.58. The molecule has 0 fully saturated rings. The lowest BCUT2D eigenvalue weighted by molar-refractivity contribution is -0.143. The molecule has 5 atom stereocenters. The molecular formula is C20H37N5O6S. The highest BCUT2D eigenvalue weighted by Gasteiger charge is 2.31. The molecule has 5 unspecified atom stereocenters. The lowest BCUT2D eigenvalue weighted by atomic mass is 9.99. The molecule has 0 aliphatic heterocycles. The molecule has 12 heteroatoms. The Bertz CT molecular complexity index is 675. The van der Waals surface area contributed by atoms with E-state index in [1.54, 1.807) is 13.8 Å².